The lowest BCUT2D eigenvalue weighted by atomic mass is 10.1. The third kappa shape index (κ3) is 4.21. The number of amidine groups is 1. The first kappa shape index (κ1) is 21.6. The molecule has 1 aliphatic heterocycles. The van der Waals surface area contributed by atoms with Crippen LogP contribution in [0.1, 0.15) is 11.3 Å². The summed E-state index contributed by atoms with van der Waals surface area (Å²) in [5.74, 6) is 1.26. The van der Waals surface area contributed by atoms with Gasteiger partial charge in [0.05, 0.1) is 36.6 Å². The van der Waals surface area contributed by atoms with Gasteiger partial charge in [0.1, 0.15) is 18.1 Å². The lowest BCUT2D eigenvalue weighted by Gasteiger charge is -2.13. The average Bonchev–Trinajstić information content (AvgIpc) is 3.57. The van der Waals surface area contributed by atoms with Crippen LogP contribution >= 0.6 is 11.8 Å². The number of rotatable bonds is 6. The van der Waals surface area contributed by atoms with E-state index in [9.17, 15) is 10.1 Å². The van der Waals surface area contributed by atoms with Gasteiger partial charge in [-0.25, -0.2) is 4.99 Å². The molecule has 0 unspecified atom stereocenters. The summed E-state index contributed by atoms with van der Waals surface area (Å²) in [6.07, 6.45) is 5.36. The van der Waals surface area contributed by atoms with Crippen molar-refractivity contribution in [2.24, 2.45) is 4.99 Å². The molecule has 1 amide bonds. The first-order valence-corrected chi connectivity index (χ1v) is 11.4. The number of methoxy groups -OCH3 is 1. The normalized spacial score (nSPS) is 16.0. The molecule has 34 heavy (non-hydrogen) atoms. The highest BCUT2D eigenvalue weighted by atomic mass is 32.2. The highest BCUT2D eigenvalue weighted by molar-refractivity contribution is 8.18. The standard InChI is InChI=1S/C26H20N4O3S/c1-32-20-10-8-19(9-11-20)28-26-30(17-21-5-4-14-33-21)25(31)24(34-26)15-18-16-29(13-12-27)23-7-3-2-6-22(18)23/h2-11,14-16H,13,17H2,1H3/b24-15-,28-26?. The van der Waals surface area contributed by atoms with Crippen molar-refractivity contribution in [2.75, 3.05) is 7.11 Å². The number of aromatic nitrogens is 1. The molecule has 0 spiro atoms. The van der Waals surface area contributed by atoms with Gasteiger partial charge in [-0.1, -0.05) is 18.2 Å². The number of furan rings is 1. The number of nitrogens with zero attached hydrogens (tertiary/aromatic N) is 4. The highest BCUT2D eigenvalue weighted by Crippen LogP contribution is 2.36. The van der Waals surface area contributed by atoms with Gasteiger partial charge in [-0.05, 0) is 60.3 Å². The Morgan fingerprint density at radius 3 is 2.71 bits per heavy atom. The van der Waals surface area contributed by atoms with Crippen molar-refractivity contribution in [1.82, 2.24) is 9.47 Å². The third-order valence-electron chi connectivity index (χ3n) is 5.43. The summed E-state index contributed by atoms with van der Waals surface area (Å²) >= 11 is 1.32. The molecule has 5 rings (SSSR count). The van der Waals surface area contributed by atoms with Crippen LogP contribution in [0.4, 0.5) is 5.69 Å². The summed E-state index contributed by atoms with van der Waals surface area (Å²) in [6.45, 7) is 0.515. The zero-order chi connectivity index (χ0) is 23.5. The van der Waals surface area contributed by atoms with E-state index in [1.807, 2.05) is 71.4 Å². The maximum absolute atomic E-state index is 13.4. The fourth-order valence-electron chi connectivity index (χ4n) is 3.79. The average molecular weight is 469 g/mol. The van der Waals surface area contributed by atoms with Gasteiger partial charge >= 0.3 is 0 Å². The minimum Gasteiger partial charge on any atom is -0.497 e. The van der Waals surface area contributed by atoms with E-state index in [0.29, 0.717) is 21.5 Å². The fourth-order valence-corrected chi connectivity index (χ4v) is 4.78. The van der Waals surface area contributed by atoms with Gasteiger partial charge in [-0.15, -0.1) is 0 Å². The topological polar surface area (TPSA) is 83.8 Å². The lowest BCUT2D eigenvalue weighted by Crippen LogP contribution is -2.28. The molecule has 1 saturated heterocycles. The number of benzene rings is 2. The van der Waals surface area contributed by atoms with Gasteiger partial charge in [0.2, 0.25) is 0 Å². The third-order valence-corrected chi connectivity index (χ3v) is 6.43. The van der Waals surface area contributed by atoms with Gasteiger partial charge < -0.3 is 13.7 Å². The first-order valence-electron chi connectivity index (χ1n) is 10.6. The summed E-state index contributed by atoms with van der Waals surface area (Å²) in [5, 5.41) is 10.7. The largest absolute Gasteiger partial charge is 0.497 e. The first-order chi connectivity index (χ1) is 16.7. The summed E-state index contributed by atoms with van der Waals surface area (Å²) in [4.78, 5) is 20.3. The smallest absolute Gasteiger partial charge is 0.267 e. The quantitative estimate of drug-likeness (QED) is 0.346. The maximum atomic E-state index is 13.4. The van der Waals surface area contributed by atoms with Gasteiger partial charge in [-0.3, -0.25) is 9.69 Å². The molecule has 168 valence electrons. The lowest BCUT2D eigenvalue weighted by molar-refractivity contribution is -0.122. The van der Waals surface area contributed by atoms with Crippen LogP contribution in [0.3, 0.4) is 0 Å². The Morgan fingerprint density at radius 2 is 1.97 bits per heavy atom. The molecule has 0 N–H and O–H groups in total. The number of fused-ring (bicyclic) bond motifs is 1. The van der Waals surface area contributed by atoms with Crippen molar-refractivity contribution >= 4 is 45.5 Å². The van der Waals surface area contributed by atoms with E-state index >= 15 is 0 Å². The van der Waals surface area contributed by atoms with Crippen molar-refractivity contribution in [3.63, 3.8) is 0 Å². The van der Waals surface area contributed by atoms with Gasteiger partial charge in [-0.2, -0.15) is 5.26 Å². The van der Waals surface area contributed by atoms with Gasteiger partial charge in [0.25, 0.3) is 5.91 Å². The SMILES string of the molecule is COc1ccc(N=C2S/C(=C\c3cn(CC#N)c4ccccc34)C(=O)N2Cc2ccco2)cc1. The molecule has 3 heterocycles. The maximum Gasteiger partial charge on any atom is 0.267 e. The highest BCUT2D eigenvalue weighted by Gasteiger charge is 2.34. The number of hydrogen-bond donors (Lipinski definition) is 0. The molecule has 7 nitrogen and oxygen atoms in total. The van der Waals surface area contributed by atoms with Crippen LogP contribution in [-0.4, -0.2) is 27.7 Å². The van der Waals surface area contributed by atoms with Gasteiger partial charge in [0, 0.05) is 22.7 Å². The molecule has 0 radical (unpaired) electrons. The Bertz CT molecular complexity index is 1440. The Morgan fingerprint density at radius 1 is 1.15 bits per heavy atom. The monoisotopic (exact) mass is 468 g/mol. The van der Waals surface area contributed by atoms with Crippen LogP contribution in [0.5, 0.6) is 5.75 Å². The molecular formula is C26H20N4O3S. The number of amides is 1. The molecule has 4 aromatic rings. The van der Waals surface area contributed by atoms with E-state index in [4.69, 9.17) is 14.1 Å². The minimum absolute atomic E-state index is 0.147. The number of hydrogen-bond acceptors (Lipinski definition) is 6. The second-order valence-corrected chi connectivity index (χ2v) is 8.57. The summed E-state index contributed by atoms with van der Waals surface area (Å²) in [6, 6.07) is 21.0. The van der Waals surface area contributed by atoms with Gasteiger partial charge in [0.15, 0.2) is 5.17 Å². The van der Waals surface area contributed by atoms with Crippen molar-refractivity contribution in [2.45, 2.75) is 13.1 Å². The predicted molar refractivity (Wildman–Crippen MR) is 132 cm³/mol. The summed E-state index contributed by atoms with van der Waals surface area (Å²) < 4.78 is 12.6. The molecule has 0 aliphatic carbocycles. The molecule has 1 aliphatic rings. The minimum atomic E-state index is -0.147. The fraction of sp³-hybridized carbons (Fsp3) is 0.115. The number of carbonyl (C=O) groups excluding carboxylic acids is 1. The van der Waals surface area contributed by atoms with Crippen LogP contribution in [0.2, 0.25) is 0 Å². The van der Waals surface area contributed by atoms with Crippen LogP contribution in [0, 0.1) is 11.3 Å². The van der Waals surface area contributed by atoms with Crippen LogP contribution in [0.25, 0.3) is 17.0 Å². The number of para-hydroxylation sites is 1. The molecule has 8 heteroatoms. The Hall–Kier alpha value is -4.22. The molecule has 0 atom stereocenters. The number of ether oxygens (including phenoxy) is 1. The van der Waals surface area contributed by atoms with Crippen molar-refractivity contribution in [1.29, 1.82) is 5.26 Å². The summed E-state index contributed by atoms with van der Waals surface area (Å²) in [7, 11) is 1.61. The van der Waals surface area contributed by atoms with E-state index in [1.54, 1.807) is 24.3 Å². The van der Waals surface area contributed by atoms with Crippen LogP contribution < -0.4 is 4.74 Å². The van der Waals surface area contributed by atoms with E-state index < -0.39 is 0 Å². The van der Waals surface area contributed by atoms with E-state index in [0.717, 1.165) is 22.2 Å². The number of nitriles is 1. The zero-order valence-electron chi connectivity index (χ0n) is 18.3. The number of thioether (sulfide) groups is 1. The van der Waals surface area contributed by atoms with Crippen molar-refractivity contribution in [3.05, 3.63) is 89.4 Å². The number of aliphatic imine (C=N–C) groups is 1. The predicted octanol–water partition coefficient (Wildman–Crippen LogP) is 5.57. The second-order valence-electron chi connectivity index (χ2n) is 7.56. The van der Waals surface area contributed by atoms with E-state index in [-0.39, 0.29) is 19.0 Å². The van der Waals surface area contributed by atoms with Crippen molar-refractivity contribution < 1.29 is 13.9 Å². The molecule has 2 aromatic carbocycles. The number of carbonyl (C=O) groups is 1. The van der Waals surface area contributed by atoms with Crippen molar-refractivity contribution in [3.8, 4) is 11.8 Å². The van der Waals surface area contributed by atoms with Crippen LogP contribution in [0.15, 0.2) is 87.4 Å². The van der Waals surface area contributed by atoms with E-state index in [1.165, 1.54) is 11.8 Å². The Labute approximate surface area is 200 Å². The molecule has 0 bridgehead atoms. The second kappa shape index (κ2) is 9.33. The van der Waals surface area contributed by atoms with E-state index in [2.05, 4.69) is 6.07 Å². The zero-order valence-corrected chi connectivity index (χ0v) is 19.2. The molecule has 1 fully saturated rings. The molecule has 0 saturated carbocycles. The summed E-state index contributed by atoms with van der Waals surface area (Å²) in [5.41, 5.74) is 2.55. The molecular weight excluding hydrogens is 448 g/mol. The van der Waals surface area contributed by atoms with Crippen LogP contribution in [-0.2, 0) is 17.9 Å². The molecule has 2 aromatic heterocycles. The Balaban J connectivity index is 1.54. The Kier molecular flexibility index (Phi) is 5.93.